The molecule has 0 atom stereocenters. The number of allylic oxidation sites excluding steroid dienone is 2. The lowest BCUT2D eigenvalue weighted by atomic mass is 10.2. The van der Waals surface area contributed by atoms with Crippen molar-refractivity contribution in [3.63, 3.8) is 0 Å². The van der Waals surface area contributed by atoms with Crippen LogP contribution in [0.1, 0.15) is 20.8 Å². The molecule has 7 nitrogen and oxygen atoms in total. The van der Waals surface area contributed by atoms with Gasteiger partial charge in [0.2, 0.25) is 5.91 Å². The van der Waals surface area contributed by atoms with Crippen molar-refractivity contribution in [2.24, 2.45) is 5.73 Å². The number of carbonyl (C=O) groups excluding carboxylic acids is 2. The van der Waals surface area contributed by atoms with Gasteiger partial charge < -0.3 is 21.2 Å². The Morgan fingerprint density at radius 3 is 2.21 bits per heavy atom. The molecular formula is C17H22N4O3. The Bertz CT molecular complexity index is 673. The first-order valence-corrected chi connectivity index (χ1v) is 7.25. The van der Waals surface area contributed by atoms with Crippen molar-refractivity contribution in [1.82, 2.24) is 0 Å². The summed E-state index contributed by atoms with van der Waals surface area (Å²) in [7, 11) is 0. The fourth-order valence-electron chi connectivity index (χ4n) is 1.61. The Balaban J connectivity index is 2.81. The van der Waals surface area contributed by atoms with Gasteiger partial charge in [0.1, 0.15) is 5.60 Å². The molecule has 0 spiro atoms. The molecule has 0 saturated heterocycles. The Morgan fingerprint density at radius 2 is 1.71 bits per heavy atom. The zero-order chi connectivity index (χ0) is 18.2. The van der Waals surface area contributed by atoms with Crippen LogP contribution in [0, 0.1) is 5.41 Å². The summed E-state index contributed by atoms with van der Waals surface area (Å²) in [5.74, 6) is -0.422. The predicted octanol–water partition coefficient (Wildman–Crippen LogP) is 3.02. The number of hydrogen-bond donors (Lipinski definition) is 4. The molecule has 2 amide bonds. The van der Waals surface area contributed by atoms with Crippen molar-refractivity contribution in [2.45, 2.75) is 26.4 Å². The average molecular weight is 330 g/mol. The van der Waals surface area contributed by atoms with Gasteiger partial charge in [0.25, 0.3) is 0 Å². The maximum Gasteiger partial charge on any atom is 0.412 e. The maximum atomic E-state index is 11.9. The van der Waals surface area contributed by atoms with Crippen LogP contribution in [-0.2, 0) is 9.53 Å². The lowest BCUT2D eigenvalue weighted by molar-refractivity contribution is -0.111. The van der Waals surface area contributed by atoms with Crippen molar-refractivity contribution in [3.8, 4) is 0 Å². The second-order valence-electron chi connectivity index (χ2n) is 5.81. The number of benzene rings is 1. The zero-order valence-corrected chi connectivity index (χ0v) is 13.9. The van der Waals surface area contributed by atoms with E-state index in [2.05, 4.69) is 10.6 Å². The Morgan fingerprint density at radius 1 is 1.12 bits per heavy atom. The molecule has 0 radical (unpaired) electrons. The molecule has 1 rings (SSSR count). The normalized spacial score (nSPS) is 11.9. The van der Waals surface area contributed by atoms with E-state index in [-0.39, 0.29) is 0 Å². The summed E-state index contributed by atoms with van der Waals surface area (Å²) < 4.78 is 5.19. The number of amides is 2. The van der Waals surface area contributed by atoms with Crippen LogP contribution in [0.25, 0.3) is 0 Å². The summed E-state index contributed by atoms with van der Waals surface area (Å²) in [4.78, 5) is 23.8. The highest BCUT2D eigenvalue weighted by atomic mass is 16.6. The molecule has 5 N–H and O–H groups in total. The molecule has 7 heteroatoms. The molecule has 0 heterocycles. The highest BCUT2D eigenvalue weighted by Gasteiger charge is 2.17. The summed E-state index contributed by atoms with van der Waals surface area (Å²) in [5, 5.41) is 12.3. The number of anilines is 2. The lowest BCUT2D eigenvalue weighted by Crippen LogP contribution is -2.27. The molecule has 128 valence electrons. The maximum absolute atomic E-state index is 11.9. The monoisotopic (exact) mass is 330 g/mol. The summed E-state index contributed by atoms with van der Waals surface area (Å²) in [6, 6.07) is 6.74. The Labute approximate surface area is 141 Å². The van der Waals surface area contributed by atoms with Gasteiger partial charge >= 0.3 is 6.09 Å². The van der Waals surface area contributed by atoms with Crippen molar-refractivity contribution < 1.29 is 14.3 Å². The van der Waals surface area contributed by atoms with E-state index in [9.17, 15) is 9.59 Å². The van der Waals surface area contributed by atoms with Gasteiger partial charge in [0.05, 0.1) is 11.4 Å². The average Bonchev–Trinajstić information content (AvgIpc) is 2.48. The molecule has 0 bridgehead atoms. The van der Waals surface area contributed by atoms with Gasteiger partial charge in [-0.3, -0.25) is 10.1 Å². The summed E-state index contributed by atoms with van der Waals surface area (Å²) >= 11 is 0. The molecule has 1 aromatic rings. The van der Waals surface area contributed by atoms with Crippen LogP contribution in [0.15, 0.2) is 48.2 Å². The highest BCUT2D eigenvalue weighted by molar-refractivity contribution is 6.03. The van der Waals surface area contributed by atoms with E-state index in [0.717, 1.165) is 6.21 Å². The fraction of sp³-hybridized carbons (Fsp3) is 0.235. The third kappa shape index (κ3) is 6.78. The van der Waals surface area contributed by atoms with Crippen LogP contribution in [-0.4, -0.2) is 23.8 Å². The van der Waals surface area contributed by atoms with Crippen LogP contribution < -0.4 is 16.4 Å². The molecule has 24 heavy (non-hydrogen) atoms. The second-order valence-corrected chi connectivity index (χ2v) is 5.81. The Hall–Kier alpha value is -3.09. The third-order valence-corrected chi connectivity index (χ3v) is 2.61. The number of rotatable bonds is 5. The van der Waals surface area contributed by atoms with Gasteiger partial charge in [0.15, 0.2) is 0 Å². The van der Waals surface area contributed by atoms with Gasteiger partial charge in [-0.05, 0) is 39.0 Å². The predicted molar refractivity (Wildman–Crippen MR) is 95.1 cm³/mol. The topological polar surface area (TPSA) is 117 Å². The molecule has 0 aliphatic rings. The third-order valence-electron chi connectivity index (χ3n) is 2.61. The quantitative estimate of drug-likeness (QED) is 0.377. The second kappa shape index (κ2) is 8.52. The van der Waals surface area contributed by atoms with Crippen LogP contribution in [0.5, 0.6) is 0 Å². The number of carbonyl (C=O) groups is 2. The molecule has 1 aromatic carbocycles. The highest BCUT2D eigenvalue weighted by Crippen LogP contribution is 2.22. The molecule has 0 saturated carbocycles. The van der Waals surface area contributed by atoms with Crippen molar-refractivity contribution in [3.05, 3.63) is 48.2 Å². The minimum Gasteiger partial charge on any atom is -0.444 e. The summed E-state index contributed by atoms with van der Waals surface area (Å²) in [6.45, 7) is 5.28. The first-order valence-electron chi connectivity index (χ1n) is 7.25. The molecule has 0 aliphatic heterocycles. The first kappa shape index (κ1) is 19.0. The number of ether oxygens (including phenoxy) is 1. The number of hydrogen-bond acceptors (Lipinski definition) is 5. The zero-order valence-electron chi connectivity index (χ0n) is 13.9. The van der Waals surface area contributed by atoms with E-state index in [1.165, 1.54) is 18.4 Å². The number of nitrogens with two attached hydrogens (primary N) is 1. The summed E-state index contributed by atoms with van der Waals surface area (Å²) in [6.07, 6.45) is 4.29. The molecular weight excluding hydrogens is 308 g/mol. The largest absolute Gasteiger partial charge is 0.444 e. The van der Waals surface area contributed by atoms with E-state index in [4.69, 9.17) is 15.9 Å². The van der Waals surface area contributed by atoms with Crippen molar-refractivity contribution in [2.75, 3.05) is 10.6 Å². The standard InChI is InChI=1S/C17H22N4O3/c1-17(2,3)24-16(23)21-14-7-5-4-6-13(14)20-15(22)9-8-12(10-18)11-19/h4-11,18H,19H2,1-3H3,(H,20,22)(H,21,23)/b9-8+,12-11-,18-10?. The van der Waals surface area contributed by atoms with Gasteiger partial charge in [-0.2, -0.15) is 0 Å². The number of para-hydroxylation sites is 2. The molecule has 0 fully saturated rings. The van der Waals surface area contributed by atoms with Gasteiger partial charge in [-0.1, -0.05) is 12.1 Å². The SMILES string of the molecule is CC(C)(C)OC(=O)Nc1ccccc1NC(=O)/C=C/C(C=N)=C/N. The molecule has 0 unspecified atom stereocenters. The lowest BCUT2D eigenvalue weighted by Gasteiger charge is -2.20. The molecule has 0 aromatic heterocycles. The first-order chi connectivity index (χ1) is 11.2. The Kier molecular flexibility index (Phi) is 6.73. The van der Waals surface area contributed by atoms with Crippen molar-refractivity contribution >= 4 is 29.6 Å². The van der Waals surface area contributed by atoms with Gasteiger partial charge in [-0.25, -0.2) is 4.79 Å². The minimum absolute atomic E-state index is 0.394. The van der Waals surface area contributed by atoms with E-state index >= 15 is 0 Å². The van der Waals surface area contributed by atoms with E-state index < -0.39 is 17.6 Å². The smallest absolute Gasteiger partial charge is 0.412 e. The van der Waals surface area contributed by atoms with Crippen LogP contribution >= 0.6 is 0 Å². The van der Waals surface area contributed by atoms with E-state index in [1.54, 1.807) is 45.0 Å². The summed E-state index contributed by atoms with van der Waals surface area (Å²) in [5.41, 5.74) is 5.90. The fourth-order valence-corrected chi connectivity index (χ4v) is 1.61. The van der Waals surface area contributed by atoms with E-state index in [0.29, 0.717) is 16.9 Å². The van der Waals surface area contributed by atoms with Gasteiger partial charge in [-0.15, -0.1) is 0 Å². The van der Waals surface area contributed by atoms with Crippen molar-refractivity contribution in [1.29, 1.82) is 5.41 Å². The number of nitrogens with one attached hydrogen (secondary N) is 3. The minimum atomic E-state index is -0.622. The van der Waals surface area contributed by atoms with Gasteiger partial charge in [0, 0.05) is 24.1 Å². The van der Waals surface area contributed by atoms with E-state index in [1.807, 2.05) is 0 Å². The van der Waals surface area contributed by atoms with Crippen LogP contribution in [0.3, 0.4) is 0 Å². The molecule has 0 aliphatic carbocycles. The van der Waals surface area contributed by atoms with Crippen LogP contribution in [0.2, 0.25) is 0 Å². The van der Waals surface area contributed by atoms with Crippen LogP contribution in [0.4, 0.5) is 16.2 Å².